The molecule has 0 spiro atoms. The molecule has 4 heteroatoms. The van der Waals surface area contributed by atoms with Crippen LogP contribution in [0.1, 0.15) is 52.4 Å². The highest BCUT2D eigenvalue weighted by Gasteiger charge is 2.25. The highest BCUT2D eigenvalue weighted by molar-refractivity contribution is 5.85. The quantitative estimate of drug-likeness (QED) is 0.715. The second-order valence-electron chi connectivity index (χ2n) is 5.05. The van der Waals surface area contributed by atoms with Gasteiger partial charge >= 0.3 is 5.97 Å². The second-order valence-corrected chi connectivity index (χ2v) is 5.05. The molecule has 2 atom stereocenters. The van der Waals surface area contributed by atoms with Crippen LogP contribution < -0.4 is 5.32 Å². The molecule has 0 aromatic heterocycles. The summed E-state index contributed by atoms with van der Waals surface area (Å²) < 4.78 is 0. The third kappa shape index (κ3) is 4.51. The molecule has 0 radical (unpaired) electrons. The van der Waals surface area contributed by atoms with E-state index in [4.69, 9.17) is 5.11 Å². The van der Waals surface area contributed by atoms with Crippen LogP contribution in [0.5, 0.6) is 0 Å². The predicted octanol–water partition coefficient (Wildman–Crippen LogP) is 2.49. The van der Waals surface area contributed by atoms with E-state index >= 15 is 0 Å². The molecule has 0 unspecified atom stereocenters. The number of allylic oxidation sites excluding steroid dienone is 1. The van der Waals surface area contributed by atoms with Crippen molar-refractivity contribution in [3.63, 3.8) is 0 Å². The zero-order valence-electron chi connectivity index (χ0n) is 11.2. The number of nitrogens with one attached hydrogen (secondary N) is 1. The van der Waals surface area contributed by atoms with E-state index < -0.39 is 12.0 Å². The minimum absolute atomic E-state index is 0.0493. The molecule has 0 saturated heterocycles. The summed E-state index contributed by atoms with van der Waals surface area (Å²) >= 11 is 0. The Hall–Kier alpha value is -1.32. The largest absolute Gasteiger partial charge is 0.480 e. The van der Waals surface area contributed by atoms with Crippen LogP contribution in [0, 0.1) is 5.92 Å². The first-order valence-corrected chi connectivity index (χ1v) is 6.74. The molecule has 1 amide bonds. The second kappa shape index (κ2) is 7.19. The Morgan fingerprint density at radius 2 is 2.17 bits per heavy atom. The van der Waals surface area contributed by atoms with Gasteiger partial charge in [0.1, 0.15) is 6.04 Å². The summed E-state index contributed by atoms with van der Waals surface area (Å²) in [6.07, 6.45) is 7.52. The number of hydrogen-bond acceptors (Lipinski definition) is 2. The van der Waals surface area contributed by atoms with E-state index in [9.17, 15) is 9.59 Å². The zero-order valence-corrected chi connectivity index (χ0v) is 11.2. The van der Waals surface area contributed by atoms with E-state index in [0.717, 1.165) is 31.3 Å². The lowest BCUT2D eigenvalue weighted by Crippen LogP contribution is -2.45. The number of hydrogen-bond donors (Lipinski definition) is 2. The van der Waals surface area contributed by atoms with Gasteiger partial charge in [-0.1, -0.05) is 31.9 Å². The maximum atomic E-state index is 11.8. The molecule has 0 aromatic rings. The van der Waals surface area contributed by atoms with E-state index in [1.54, 1.807) is 0 Å². The van der Waals surface area contributed by atoms with Crippen molar-refractivity contribution in [1.82, 2.24) is 5.32 Å². The fourth-order valence-electron chi connectivity index (χ4n) is 2.18. The van der Waals surface area contributed by atoms with Crippen molar-refractivity contribution in [3.8, 4) is 0 Å². The molecule has 0 aromatic carbocycles. The zero-order chi connectivity index (χ0) is 13.5. The Morgan fingerprint density at radius 3 is 2.67 bits per heavy atom. The number of carboxylic acids is 1. The standard InChI is InChI=1S/C14H23NO3/c1-3-10(2)13(14(17)18)15-12(16)9-11-7-5-4-6-8-11/h7,10,13H,3-6,8-9H2,1-2H3,(H,15,16)(H,17,18)/t10-,13-/m0/s1. The van der Waals surface area contributed by atoms with Crippen molar-refractivity contribution in [3.05, 3.63) is 11.6 Å². The lowest BCUT2D eigenvalue weighted by atomic mass is 9.96. The number of rotatable bonds is 6. The van der Waals surface area contributed by atoms with E-state index in [1.807, 2.05) is 13.8 Å². The summed E-state index contributed by atoms with van der Waals surface area (Å²) in [4.78, 5) is 22.9. The summed E-state index contributed by atoms with van der Waals surface area (Å²) in [5.41, 5.74) is 1.15. The first kappa shape index (κ1) is 14.7. The van der Waals surface area contributed by atoms with Gasteiger partial charge < -0.3 is 10.4 Å². The van der Waals surface area contributed by atoms with Gasteiger partial charge in [-0.3, -0.25) is 4.79 Å². The van der Waals surface area contributed by atoms with E-state index in [0.29, 0.717) is 6.42 Å². The molecule has 0 aliphatic heterocycles. The molecule has 0 saturated carbocycles. The summed E-state index contributed by atoms with van der Waals surface area (Å²) in [7, 11) is 0. The van der Waals surface area contributed by atoms with Crippen LogP contribution in [0.2, 0.25) is 0 Å². The molecular weight excluding hydrogens is 230 g/mol. The average Bonchev–Trinajstić information content (AvgIpc) is 2.36. The number of carboxylic acid groups (broad SMARTS) is 1. The fraction of sp³-hybridized carbons (Fsp3) is 0.714. The minimum atomic E-state index is -0.949. The molecule has 2 N–H and O–H groups in total. The molecule has 4 nitrogen and oxygen atoms in total. The minimum Gasteiger partial charge on any atom is -0.480 e. The first-order chi connectivity index (χ1) is 8.54. The Bertz CT molecular complexity index is 336. The number of carbonyl (C=O) groups excluding carboxylic acids is 1. The number of carbonyl (C=O) groups is 2. The molecular formula is C14H23NO3. The highest BCUT2D eigenvalue weighted by atomic mass is 16.4. The van der Waals surface area contributed by atoms with Crippen LogP contribution in [-0.4, -0.2) is 23.0 Å². The van der Waals surface area contributed by atoms with Gasteiger partial charge in [0.05, 0.1) is 0 Å². The van der Waals surface area contributed by atoms with Crippen molar-refractivity contribution in [1.29, 1.82) is 0 Å². The molecule has 1 aliphatic carbocycles. The van der Waals surface area contributed by atoms with Gasteiger partial charge in [-0.2, -0.15) is 0 Å². The van der Waals surface area contributed by atoms with Crippen molar-refractivity contribution in [2.75, 3.05) is 0 Å². The average molecular weight is 253 g/mol. The third-order valence-corrected chi connectivity index (χ3v) is 3.57. The van der Waals surface area contributed by atoms with Crippen molar-refractivity contribution in [2.24, 2.45) is 5.92 Å². The topological polar surface area (TPSA) is 66.4 Å². The smallest absolute Gasteiger partial charge is 0.326 e. The molecule has 102 valence electrons. The normalized spacial score (nSPS) is 18.7. The van der Waals surface area contributed by atoms with Gasteiger partial charge in [-0.05, 0) is 31.6 Å². The van der Waals surface area contributed by atoms with Crippen molar-refractivity contribution < 1.29 is 14.7 Å². The predicted molar refractivity (Wildman–Crippen MR) is 70.2 cm³/mol. The summed E-state index contributed by atoms with van der Waals surface area (Å²) in [6, 6.07) is -0.772. The van der Waals surface area contributed by atoms with Gasteiger partial charge in [0.15, 0.2) is 0 Å². The number of amides is 1. The van der Waals surface area contributed by atoms with Gasteiger partial charge in [0.2, 0.25) is 5.91 Å². The Kier molecular flexibility index (Phi) is 5.89. The van der Waals surface area contributed by atoms with Crippen LogP contribution in [0.25, 0.3) is 0 Å². The molecule has 18 heavy (non-hydrogen) atoms. The lowest BCUT2D eigenvalue weighted by Gasteiger charge is -2.21. The van der Waals surface area contributed by atoms with Crippen LogP contribution in [0.4, 0.5) is 0 Å². The maximum Gasteiger partial charge on any atom is 0.326 e. The molecule has 0 heterocycles. The van der Waals surface area contributed by atoms with Gasteiger partial charge in [-0.25, -0.2) is 4.79 Å². The number of aliphatic carboxylic acids is 1. The summed E-state index contributed by atoms with van der Waals surface area (Å²) in [5, 5.41) is 11.7. The van der Waals surface area contributed by atoms with Crippen LogP contribution in [-0.2, 0) is 9.59 Å². The highest BCUT2D eigenvalue weighted by Crippen LogP contribution is 2.20. The molecule has 1 rings (SSSR count). The molecule has 1 aliphatic rings. The Morgan fingerprint density at radius 1 is 1.44 bits per heavy atom. The van der Waals surface area contributed by atoms with Crippen LogP contribution in [0.15, 0.2) is 11.6 Å². The van der Waals surface area contributed by atoms with Gasteiger partial charge in [0, 0.05) is 6.42 Å². The fourth-order valence-corrected chi connectivity index (χ4v) is 2.18. The van der Waals surface area contributed by atoms with Crippen LogP contribution >= 0.6 is 0 Å². The first-order valence-electron chi connectivity index (χ1n) is 6.74. The lowest BCUT2D eigenvalue weighted by molar-refractivity contribution is -0.143. The summed E-state index contributed by atoms with van der Waals surface area (Å²) in [6.45, 7) is 3.77. The van der Waals surface area contributed by atoms with Crippen molar-refractivity contribution in [2.45, 2.75) is 58.4 Å². The monoisotopic (exact) mass is 253 g/mol. The van der Waals surface area contributed by atoms with E-state index in [-0.39, 0.29) is 11.8 Å². The van der Waals surface area contributed by atoms with Gasteiger partial charge in [-0.15, -0.1) is 0 Å². The molecule has 0 bridgehead atoms. The van der Waals surface area contributed by atoms with E-state index in [1.165, 1.54) is 6.42 Å². The molecule has 0 fully saturated rings. The van der Waals surface area contributed by atoms with Crippen LogP contribution in [0.3, 0.4) is 0 Å². The van der Waals surface area contributed by atoms with Crippen molar-refractivity contribution >= 4 is 11.9 Å². The third-order valence-electron chi connectivity index (χ3n) is 3.57. The SMILES string of the molecule is CC[C@H](C)[C@H](NC(=O)CC1=CCCCC1)C(=O)O. The van der Waals surface area contributed by atoms with Gasteiger partial charge in [0.25, 0.3) is 0 Å². The maximum absolute atomic E-state index is 11.8. The Labute approximate surface area is 108 Å². The Balaban J connectivity index is 2.50. The van der Waals surface area contributed by atoms with E-state index in [2.05, 4.69) is 11.4 Å². The summed E-state index contributed by atoms with van der Waals surface area (Å²) in [5.74, 6) is -1.17.